The highest BCUT2D eigenvalue weighted by Crippen LogP contribution is 2.25. The molecule has 0 radical (unpaired) electrons. The lowest BCUT2D eigenvalue weighted by Crippen LogP contribution is -2.45. The zero-order valence-electron chi connectivity index (χ0n) is 18.0. The van der Waals surface area contributed by atoms with Crippen molar-refractivity contribution >= 4 is 28.5 Å². The molecule has 6 nitrogen and oxygen atoms in total. The Labute approximate surface area is 177 Å². The van der Waals surface area contributed by atoms with Crippen molar-refractivity contribution in [1.29, 1.82) is 0 Å². The van der Waals surface area contributed by atoms with Crippen LogP contribution >= 0.6 is 0 Å². The van der Waals surface area contributed by atoms with Gasteiger partial charge in [-0.15, -0.1) is 0 Å². The minimum atomic E-state index is -0.475. The van der Waals surface area contributed by atoms with E-state index >= 15 is 0 Å². The minimum absolute atomic E-state index is 0.0689. The number of para-hydroxylation sites is 1. The molecule has 1 aromatic carbocycles. The number of likely N-dealkylation sites (tertiary alicyclic amines) is 2. The van der Waals surface area contributed by atoms with Crippen molar-refractivity contribution in [2.75, 3.05) is 26.2 Å². The van der Waals surface area contributed by atoms with Crippen LogP contribution in [-0.4, -0.2) is 58.1 Å². The number of carbonyl (C=O) groups is 3. The molecular formula is C24H31N3O3. The molecule has 0 spiro atoms. The molecule has 2 aromatic rings. The summed E-state index contributed by atoms with van der Waals surface area (Å²) in [6.07, 6.45) is 6.04. The summed E-state index contributed by atoms with van der Waals surface area (Å²) in [5, 5.41) is 0.736. The number of fused-ring (bicyclic) bond motifs is 1. The van der Waals surface area contributed by atoms with Gasteiger partial charge in [0.05, 0.1) is 5.56 Å². The van der Waals surface area contributed by atoms with Crippen molar-refractivity contribution in [3.8, 4) is 0 Å². The number of piperidine rings is 2. The van der Waals surface area contributed by atoms with Crippen LogP contribution in [0.15, 0.2) is 30.5 Å². The number of ketones is 1. The molecule has 2 aliphatic rings. The summed E-state index contributed by atoms with van der Waals surface area (Å²) in [4.78, 5) is 42.6. The van der Waals surface area contributed by atoms with E-state index < -0.39 is 11.7 Å². The van der Waals surface area contributed by atoms with Gasteiger partial charge in [-0.25, -0.2) is 0 Å². The first-order valence-corrected chi connectivity index (χ1v) is 11.1. The van der Waals surface area contributed by atoms with Crippen LogP contribution in [0.4, 0.5) is 0 Å². The fourth-order valence-corrected chi connectivity index (χ4v) is 5.04. The first-order chi connectivity index (χ1) is 14.4. The largest absolute Gasteiger partial charge is 0.341 e. The van der Waals surface area contributed by atoms with Crippen LogP contribution in [0.2, 0.25) is 0 Å². The van der Waals surface area contributed by atoms with E-state index in [-0.39, 0.29) is 12.5 Å². The second-order valence-electron chi connectivity index (χ2n) is 9.11. The highest BCUT2D eigenvalue weighted by molar-refractivity contribution is 6.44. The van der Waals surface area contributed by atoms with Crippen LogP contribution in [-0.2, 0) is 16.1 Å². The first kappa shape index (κ1) is 20.6. The predicted molar refractivity (Wildman–Crippen MR) is 116 cm³/mol. The molecule has 4 rings (SSSR count). The van der Waals surface area contributed by atoms with E-state index in [0.717, 1.165) is 43.3 Å². The summed E-state index contributed by atoms with van der Waals surface area (Å²) in [5.41, 5.74) is 1.22. The van der Waals surface area contributed by atoms with Gasteiger partial charge in [0.1, 0.15) is 6.54 Å². The fraction of sp³-hybridized carbons (Fsp3) is 0.542. The Bertz CT molecular complexity index is 948. The Kier molecular flexibility index (Phi) is 5.93. The average molecular weight is 410 g/mol. The van der Waals surface area contributed by atoms with E-state index in [2.05, 4.69) is 13.8 Å². The summed E-state index contributed by atoms with van der Waals surface area (Å²) >= 11 is 0. The number of hydrogen-bond donors (Lipinski definition) is 0. The van der Waals surface area contributed by atoms with E-state index in [1.165, 1.54) is 6.42 Å². The number of aromatic nitrogens is 1. The van der Waals surface area contributed by atoms with Gasteiger partial charge in [0.15, 0.2) is 0 Å². The van der Waals surface area contributed by atoms with Gasteiger partial charge in [-0.3, -0.25) is 14.4 Å². The van der Waals surface area contributed by atoms with Crippen LogP contribution in [0.5, 0.6) is 0 Å². The summed E-state index contributed by atoms with van der Waals surface area (Å²) < 4.78 is 1.83. The average Bonchev–Trinajstić information content (AvgIpc) is 3.11. The molecule has 0 N–H and O–H groups in total. The maximum atomic E-state index is 13.2. The van der Waals surface area contributed by atoms with Gasteiger partial charge in [-0.1, -0.05) is 32.0 Å². The maximum Gasteiger partial charge on any atom is 0.295 e. The molecule has 0 aliphatic carbocycles. The molecule has 2 saturated heterocycles. The number of Topliss-reactive ketones (excluding diaryl/α,β-unsaturated/α-hetero) is 1. The lowest BCUT2D eigenvalue weighted by molar-refractivity contribution is -0.132. The molecule has 2 amide bonds. The monoisotopic (exact) mass is 409 g/mol. The Morgan fingerprint density at radius 2 is 1.60 bits per heavy atom. The Hall–Kier alpha value is -2.63. The molecule has 160 valence electrons. The second-order valence-corrected chi connectivity index (χ2v) is 9.11. The summed E-state index contributed by atoms with van der Waals surface area (Å²) in [6, 6.07) is 7.53. The molecule has 6 heteroatoms. The van der Waals surface area contributed by atoms with Crippen molar-refractivity contribution in [2.24, 2.45) is 11.8 Å². The van der Waals surface area contributed by atoms with Gasteiger partial charge in [0.25, 0.3) is 11.7 Å². The van der Waals surface area contributed by atoms with Gasteiger partial charge in [-0.05, 0) is 43.6 Å². The van der Waals surface area contributed by atoms with Crippen molar-refractivity contribution in [1.82, 2.24) is 14.4 Å². The highest BCUT2D eigenvalue weighted by atomic mass is 16.2. The predicted octanol–water partition coefficient (Wildman–Crippen LogP) is 3.34. The summed E-state index contributed by atoms with van der Waals surface area (Å²) in [5.74, 6) is -0.0437. The van der Waals surface area contributed by atoms with Gasteiger partial charge >= 0.3 is 0 Å². The van der Waals surface area contributed by atoms with Crippen molar-refractivity contribution in [2.45, 2.75) is 46.1 Å². The maximum absolute atomic E-state index is 13.2. The lowest BCUT2D eigenvalue weighted by Gasteiger charge is -2.34. The molecule has 0 unspecified atom stereocenters. The summed E-state index contributed by atoms with van der Waals surface area (Å²) in [6.45, 7) is 7.29. The van der Waals surface area contributed by atoms with Gasteiger partial charge in [0.2, 0.25) is 5.91 Å². The molecule has 30 heavy (non-hydrogen) atoms. The van der Waals surface area contributed by atoms with Crippen LogP contribution in [0.25, 0.3) is 10.9 Å². The number of rotatable bonds is 4. The van der Waals surface area contributed by atoms with Crippen molar-refractivity contribution in [3.63, 3.8) is 0 Å². The SMILES string of the molecule is C[C@H]1C[C@H](C)CN(C(=O)C(=O)c2cn(CC(=O)N3CCCCC3)c3ccccc23)C1. The zero-order chi connectivity index (χ0) is 21.3. The van der Waals surface area contributed by atoms with Gasteiger partial charge in [-0.2, -0.15) is 0 Å². The third-order valence-corrected chi connectivity index (χ3v) is 6.40. The van der Waals surface area contributed by atoms with E-state index in [9.17, 15) is 14.4 Å². The first-order valence-electron chi connectivity index (χ1n) is 11.1. The molecule has 1 aromatic heterocycles. The lowest BCUT2D eigenvalue weighted by atomic mass is 9.91. The number of hydrogen-bond acceptors (Lipinski definition) is 3. The molecule has 2 fully saturated rings. The zero-order valence-corrected chi connectivity index (χ0v) is 18.0. The van der Waals surface area contributed by atoms with E-state index in [4.69, 9.17) is 0 Å². The van der Waals surface area contributed by atoms with Crippen molar-refractivity contribution < 1.29 is 14.4 Å². The topological polar surface area (TPSA) is 62.6 Å². The van der Waals surface area contributed by atoms with Gasteiger partial charge in [0, 0.05) is 43.3 Å². The smallest absolute Gasteiger partial charge is 0.295 e. The fourth-order valence-electron chi connectivity index (χ4n) is 5.04. The number of amides is 2. The third-order valence-electron chi connectivity index (χ3n) is 6.40. The van der Waals surface area contributed by atoms with E-state index in [1.54, 1.807) is 11.1 Å². The second kappa shape index (κ2) is 8.62. The van der Waals surface area contributed by atoms with Crippen LogP contribution in [0, 0.1) is 11.8 Å². The number of nitrogens with zero attached hydrogens (tertiary/aromatic N) is 3. The number of benzene rings is 1. The standard InChI is InChI=1S/C24H31N3O3/c1-17-12-18(2)14-27(13-17)24(30)23(29)20-15-26(21-9-5-4-8-19(20)21)16-22(28)25-10-6-3-7-11-25/h4-5,8-9,15,17-18H,3,6-7,10-14,16H2,1-2H3/t17-,18-/m0/s1. The highest BCUT2D eigenvalue weighted by Gasteiger charge is 2.31. The van der Waals surface area contributed by atoms with E-state index in [0.29, 0.717) is 30.5 Å². The van der Waals surface area contributed by atoms with Crippen LogP contribution < -0.4 is 0 Å². The molecule has 0 saturated carbocycles. The molecule has 2 atom stereocenters. The van der Waals surface area contributed by atoms with Crippen LogP contribution in [0.3, 0.4) is 0 Å². The number of carbonyl (C=O) groups excluding carboxylic acids is 3. The Morgan fingerprint density at radius 1 is 0.933 bits per heavy atom. The minimum Gasteiger partial charge on any atom is -0.341 e. The third kappa shape index (κ3) is 4.13. The molecular weight excluding hydrogens is 378 g/mol. The van der Waals surface area contributed by atoms with E-state index in [1.807, 2.05) is 33.7 Å². The summed E-state index contributed by atoms with van der Waals surface area (Å²) in [7, 11) is 0. The molecule has 0 bridgehead atoms. The van der Waals surface area contributed by atoms with Crippen LogP contribution in [0.1, 0.15) is 49.9 Å². The van der Waals surface area contributed by atoms with Crippen molar-refractivity contribution in [3.05, 3.63) is 36.0 Å². The molecule has 3 heterocycles. The quantitative estimate of drug-likeness (QED) is 0.575. The van der Waals surface area contributed by atoms with Gasteiger partial charge < -0.3 is 14.4 Å². The Balaban J connectivity index is 1.59. The normalized spacial score (nSPS) is 22.3. The molecule has 2 aliphatic heterocycles. The Morgan fingerprint density at radius 3 is 2.30 bits per heavy atom.